The minimum absolute atomic E-state index is 0.172. The van der Waals surface area contributed by atoms with E-state index in [1.165, 1.54) is 0 Å². The zero-order valence-electron chi connectivity index (χ0n) is 16.5. The Morgan fingerprint density at radius 2 is 1.97 bits per heavy atom. The summed E-state index contributed by atoms with van der Waals surface area (Å²) in [4.78, 5) is 23.9. The van der Waals surface area contributed by atoms with Crippen LogP contribution in [0.3, 0.4) is 0 Å². The SMILES string of the molecule is CN(C)c1ccc(-c2nc3n(n2)C(c2cccnc2)C2=C(CCCC2=O)N3)cc1. The Bertz CT molecular complexity index is 1100. The number of aromatic nitrogens is 4. The molecule has 1 aliphatic heterocycles. The van der Waals surface area contributed by atoms with Gasteiger partial charge in [0.05, 0.1) is 0 Å². The Hall–Kier alpha value is -3.48. The van der Waals surface area contributed by atoms with Crippen molar-refractivity contribution in [1.82, 2.24) is 19.7 Å². The second kappa shape index (κ2) is 6.84. The molecule has 0 spiro atoms. The molecule has 2 aliphatic rings. The van der Waals surface area contributed by atoms with Gasteiger partial charge in [0.2, 0.25) is 5.95 Å². The lowest BCUT2D eigenvalue weighted by Gasteiger charge is -2.31. The van der Waals surface area contributed by atoms with E-state index in [2.05, 4.69) is 15.2 Å². The van der Waals surface area contributed by atoms with Gasteiger partial charge in [-0.25, -0.2) is 4.68 Å². The molecule has 3 heterocycles. The van der Waals surface area contributed by atoms with Gasteiger partial charge in [0.1, 0.15) is 6.04 Å². The molecule has 5 rings (SSSR count). The normalized spacial score (nSPS) is 18.1. The van der Waals surface area contributed by atoms with Crippen LogP contribution in [-0.2, 0) is 4.79 Å². The third-order valence-electron chi connectivity index (χ3n) is 5.51. The molecular weight excluding hydrogens is 364 g/mol. The number of fused-ring (bicyclic) bond motifs is 1. The number of pyridine rings is 1. The number of nitrogens with zero attached hydrogens (tertiary/aromatic N) is 5. The van der Waals surface area contributed by atoms with Crippen molar-refractivity contribution in [2.45, 2.75) is 25.3 Å². The number of carbonyl (C=O) groups excluding carboxylic acids is 1. The highest BCUT2D eigenvalue weighted by Crippen LogP contribution is 2.40. The monoisotopic (exact) mass is 386 g/mol. The number of allylic oxidation sites excluding steroid dienone is 2. The van der Waals surface area contributed by atoms with E-state index in [0.717, 1.165) is 40.9 Å². The van der Waals surface area contributed by atoms with Crippen molar-refractivity contribution in [2.75, 3.05) is 24.3 Å². The summed E-state index contributed by atoms with van der Waals surface area (Å²) < 4.78 is 1.83. The summed E-state index contributed by atoms with van der Waals surface area (Å²) >= 11 is 0. The van der Waals surface area contributed by atoms with E-state index in [1.54, 1.807) is 12.4 Å². The first-order valence-corrected chi connectivity index (χ1v) is 9.79. The number of carbonyl (C=O) groups is 1. The maximum Gasteiger partial charge on any atom is 0.226 e. The predicted molar refractivity (Wildman–Crippen MR) is 112 cm³/mol. The molecule has 1 N–H and O–H groups in total. The van der Waals surface area contributed by atoms with E-state index < -0.39 is 0 Å². The molecule has 1 unspecified atom stereocenters. The minimum atomic E-state index is -0.301. The number of benzene rings is 1. The summed E-state index contributed by atoms with van der Waals surface area (Å²) in [5.74, 6) is 1.48. The molecule has 0 saturated heterocycles. The van der Waals surface area contributed by atoms with Crippen LogP contribution in [0, 0.1) is 0 Å². The lowest BCUT2D eigenvalue weighted by Crippen LogP contribution is -2.31. The van der Waals surface area contributed by atoms with Gasteiger partial charge in [-0.05, 0) is 48.7 Å². The quantitative estimate of drug-likeness (QED) is 0.743. The Morgan fingerprint density at radius 3 is 2.69 bits per heavy atom. The van der Waals surface area contributed by atoms with E-state index in [9.17, 15) is 4.79 Å². The van der Waals surface area contributed by atoms with Gasteiger partial charge in [0.15, 0.2) is 11.6 Å². The highest BCUT2D eigenvalue weighted by Gasteiger charge is 2.36. The van der Waals surface area contributed by atoms with Crippen LogP contribution < -0.4 is 10.2 Å². The van der Waals surface area contributed by atoms with Gasteiger partial charge >= 0.3 is 0 Å². The molecule has 1 atom stereocenters. The van der Waals surface area contributed by atoms with Gasteiger partial charge in [0, 0.05) is 55.4 Å². The molecule has 0 amide bonds. The largest absolute Gasteiger partial charge is 0.378 e. The summed E-state index contributed by atoms with van der Waals surface area (Å²) in [6, 6.07) is 11.7. The number of anilines is 2. The fourth-order valence-corrected chi connectivity index (χ4v) is 4.03. The van der Waals surface area contributed by atoms with Crippen LogP contribution in [0.4, 0.5) is 11.6 Å². The maximum atomic E-state index is 12.8. The third-order valence-corrected chi connectivity index (χ3v) is 5.51. The lowest BCUT2D eigenvalue weighted by molar-refractivity contribution is -0.116. The van der Waals surface area contributed by atoms with Gasteiger partial charge in [-0.1, -0.05) is 6.07 Å². The minimum Gasteiger partial charge on any atom is -0.378 e. The van der Waals surface area contributed by atoms with E-state index >= 15 is 0 Å². The number of nitrogens with one attached hydrogen (secondary N) is 1. The van der Waals surface area contributed by atoms with Crippen molar-refractivity contribution >= 4 is 17.4 Å². The maximum absolute atomic E-state index is 12.8. The Kier molecular flexibility index (Phi) is 4.16. The van der Waals surface area contributed by atoms with Crippen LogP contribution in [0.1, 0.15) is 30.9 Å². The number of Topliss-reactive ketones (excluding diaryl/α,β-unsaturated/α-hetero) is 1. The van der Waals surface area contributed by atoms with Crippen LogP contribution in [0.15, 0.2) is 60.1 Å². The Balaban J connectivity index is 1.61. The molecule has 0 fully saturated rings. The van der Waals surface area contributed by atoms with Gasteiger partial charge in [0.25, 0.3) is 0 Å². The fraction of sp³-hybridized carbons (Fsp3) is 0.273. The molecule has 7 nitrogen and oxygen atoms in total. The average molecular weight is 386 g/mol. The zero-order valence-corrected chi connectivity index (χ0v) is 16.5. The van der Waals surface area contributed by atoms with E-state index in [1.807, 2.05) is 55.2 Å². The van der Waals surface area contributed by atoms with Gasteiger partial charge in [-0.15, -0.1) is 5.10 Å². The van der Waals surface area contributed by atoms with Crippen molar-refractivity contribution in [2.24, 2.45) is 0 Å². The number of ketones is 1. The number of hydrogen-bond acceptors (Lipinski definition) is 6. The number of rotatable bonds is 3. The molecule has 1 aliphatic carbocycles. The average Bonchev–Trinajstić information content (AvgIpc) is 3.17. The van der Waals surface area contributed by atoms with Crippen molar-refractivity contribution in [1.29, 1.82) is 0 Å². The molecule has 0 bridgehead atoms. The van der Waals surface area contributed by atoms with Gasteiger partial charge < -0.3 is 10.2 Å². The summed E-state index contributed by atoms with van der Waals surface area (Å²) in [7, 11) is 4.02. The van der Waals surface area contributed by atoms with Crippen molar-refractivity contribution < 1.29 is 4.79 Å². The molecule has 3 aromatic rings. The van der Waals surface area contributed by atoms with Crippen LogP contribution in [-0.4, -0.2) is 39.6 Å². The first kappa shape index (κ1) is 17.6. The van der Waals surface area contributed by atoms with E-state index in [0.29, 0.717) is 18.2 Å². The highest BCUT2D eigenvalue weighted by atomic mass is 16.1. The molecule has 1 aromatic carbocycles. The first-order chi connectivity index (χ1) is 14.1. The molecular formula is C22H22N6O. The van der Waals surface area contributed by atoms with Crippen LogP contribution >= 0.6 is 0 Å². The first-order valence-electron chi connectivity index (χ1n) is 9.79. The molecule has 146 valence electrons. The van der Waals surface area contributed by atoms with Crippen LogP contribution in [0.2, 0.25) is 0 Å². The highest BCUT2D eigenvalue weighted by molar-refractivity contribution is 5.99. The number of hydrogen-bond donors (Lipinski definition) is 1. The fourth-order valence-electron chi connectivity index (χ4n) is 4.03. The zero-order chi connectivity index (χ0) is 20.0. The second-order valence-electron chi connectivity index (χ2n) is 7.63. The van der Waals surface area contributed by atoms with E-state index in [4.69, 9.17) is 10.1 Å². The summed E-state index contributed by atoms with van der Waals surface area (Å²) in [6.45, 7) is 0. The topological polar surface area (TPSA) is 75.9 Å². The molecule has 0 saturated carbocycles. The molecule has 29 heavy (non-hydrogen) atoms. The van der Waals surface area contributed by atoms with Crippen molar-refractivity contribution in [3.8, 4) is 11.4 Å². The van der Waals surface area contributed by atoms with E-state index in [-0.39, 0.29) is 11.8 Å². The predicted octanol–water partition coefficient (Wildman–Crippen LogP) is 3.43. The third kappa shape index (κ3) is 2.99. The molecule has 0 radical (unpaired) electrons. The Labute approximate surface area is 169 Å². The second-order valence-corrected chi connectivity index (χ2v) is 7.63. The standard InChI is InChI=1S/C22H22N6O/c1-27(2)16-10-8-14(9-11-16)21-25-22-24-17-6-3-7-18(29)19(17)20(28(22)26-21)15-5-4-12-23-13-15/h4-5,8-13,20H,3,6-7H2,1-2H3,(H,24,25,26). The lowest BCUT2D eigenvalue weighted by atomic mass is 9.86. The summed E-state index contributed by atoms with van der Waals surface area (Å²) in [6.07, 6.45) is 5.82. The van der Waals surface area contributed by atoms with Gasteiger partial charge in [-0.3, -0.25) is 9.78 Å². The summed E-state index contributed by atoms with van der Waals surface area (Å²) in [5.41, 5.74) is 4.75. The van der Waals surface area contributed by atoms with Crippen LogP contribution in [0.25, 0.3) is 11.4 Å². The smallest absolute Gasteiger partial charge is 0.226 e. The summed E-state index contributed by atoms with van der Waals surface area (Å²) in [5, 5.41) is 8.16. The molecule has 7 heteroatoms. The van der Waals surface area contributed by atoms with Crippen LogP contribution in [0.5, 0.6) is 0 Å². The van der Waals surface area contributed by atoms with Crippen molar-refractivity contribution in [3.05, 3.63) is 65.6 Å². The Morgan fingerprint density at radius 1 is 1.14 bits per heavy atom. The molecule has 2 aromatic heterocycles. The van der Waals surface area contributed by atoms with Gasteiger partial charge in [-0.2, -0.15) is 4.98 Å². The van der Waals surface area contributed by atoms with Crippen molar-refractivity contribution in [3.63, 3.8) is 0 Å².